The van der Waals surface area contributed by atoms with Gasteiger partial charge in [-0.25, -0.2) is 0 Å². The number of carbonyl (C=O) groups excluding carboxylic acids is 2. The van der Waals surface area contributed by atoms with E-state index in [0.717, 1.165) is 36.2 Å². The van der Waals surface area contributed by atoms with Crippen LogP contribution in [0.5, 0.6) is 0 Å². The van der Waals surface area contributed by atoms with Crippen LogP contribution in [0.4, 0.5) is 0 Å². The fraction of sp³-hybridized carbons (Fsp3) is 0.583. The Morgan fingerprint density at radius 2 is 1.93 bits per heavy atom. The highest BCUT2D eigenvalue weighted by atomic mass is 32.2. The van der Waals surface area contributed by atoms with Gasteiger partial charge in [-0.2, -0.15) is 0 Å². The molecule has 6 unspecified atom stereocenters. The molecule has 2 aliphatic carbocycles. The quantitative estimate of drug-likeness (QED) is 0.725. The van der Waals surface area contributed by atoms with Crippen LogP contribution in [0.1, 0.15) is 57.9 Å². The van der Waals surface area contributed by atoms with Crippen LogP contribution in [0.15, 0.2) is 35.2 Å². The van der Waals surface area contributed by atoms with Gasteiger partial charge >= 0.3 is 0 Å². The van der Waals surface area contributed by atoms with Crippen molar-refractivity contribution in [1.29, 1.82) is 0 Å². The smallest absolute Gasteiger partial charge is 0.257 e. The summed E-state index contributed by atoms with van der Waals surface area (Å²) in [5.41, 5.74) is 1.05. The average Bonchev–Trinajstić information content (AvgIpc) is 2.72. The Morgan fingerprint density at radius 3 is 2.72 bits per heavy atom. The lowest BCUT2D eigenvalue weighted by molar-refractivity contribution is -0.128. The first-order valence-corrected chi connectivity index (χ1v) is 11.9. The molecule has 0 spiro atoms. The van der Waals surface area contributed by atoms with Crippen molar-refractivity contribution < 1.29 is 9.59 Å². The lowest BCUT2D eigenvalue weighted by atomic mass is 9.77. The summed E-state index contributed by atoms with van der Waals surface area (Å²) in [5, 5.41) is 6.89. The van der Waals surface area contributed by atoms with Gasteiger partial charge in [-0.15, -0.1) is 11.8 Å². The molecule has 1 aliphatic heterocycles. The first kappa shape index (κ1) is 20.5. The lowest BCUT2D eigenvalue weighted by Crippen LogP contribution is -2.53. The van der Waals surface area contributed by atoms with Gasteiger partial charge in [0.25, 0.3) is 5.91 Å². The van der Waals surface area contributed by atoms with E-state index < -0.39 is 0 Å². The minimum atomic E-state index is -0.00381. The second-order valence-corrected chi connectivity index (χ2v) is 10.3. The third kappa shape index (κ3) is 4.71. The van der Waals surface area contributed by atoms with Crippen molar-refractivity contribution in [2.75, 3.05) is 0 Å². The number of rotatable bonds is 3. The molecule has 156 valence electrons. The Hall–Kier alpha value is -1.75. The Bertz CT molecular complexity index is 778. The second-order valence-electron chi connectivity index (χ2n) is 9.05. The normalized spacial score (nSPS) is 36.2. The Balaban J connectivity index is 1.36. The van der Waals surface area contributed by atoms with Crippen LogP contribution in [0.3, 0.4) is 0 Å². The highest BCUT2D eigenvalue weighted by Crippen LogP contribution is 2.40. The van der Waals surface area contributed by atoms with Crippen LogP contribution >= 0.6 is 11.8 Å². The fourth-order valence-electron chi connectivity index (χ4n) is 5.02. The van der Waals surface area contributed by atoms with Gasteiger partial charge in [-0.1, -0.05) is 57.0 Å². The van der Waals surface area contributed by atoms with Gasteiger partial charge in [0.2, 0.25) is 5.91 Å². The van der Waals surface area contributed by atoms with Crippen LogP contribution in [0, 0.1) is 17.8 Å². The van der Waals surface area contributed by atoms with Gasteiger partial charge in [-0.3, -0.25) is 9.59 Å². The molecule has 4 nitrogen and oxygen atoms in total. The van der Waals surface area contributed by atoms with Gasteiger partial charge in [0, 0.05) is 23.3 Å². The molecule has 2 saturated carbocycles. The summed E-state index contributed by atoms with van der Waals surface area (Å²) >= 11 is 1.69. The van der Waals surface area contributed by atoms with Gasteiger partial charge in [0.1, 0.15) is 0 Å². The van der Waals surface area contributed by atoms with Crippen molar-refractivity contribution in [3.63, 3.8) is 0 Å². The molecule has 4 rings (SSSR count). The molecule has 0 aromatic heterocycles. The monoisotopic (exact) mass is 412 g/mol. The standard InChI is InChI=1S/C24H32N2O2S/c1-15-7-6-10-19(16(15)2)25-23(27)18-11-12-21-20(14-18)26-24(28)22(29-21)13-17-8-4-3-5-9-17/h3-5,8-9,13,15-16,18-21H,6-7,10-12,14H2,1-2H3,(H,25,27)(H,26,28)/b22-13-. The maximum absolute atomic E-state index is 12.9. The minimum absolute atomic E-state index is 0.00381. The van der Waals surface area contributed by atoms with E-state index in [1.54, 1.807) is 11.8 Å². The van der Waals surface area contributed by atoms with E-state index in [0.29, 0.717) is 23.1 Å². The van der Waals surface area contributed by atoms with Crippen molar-refractivity contribution in [2.45, 2.75) is 69.7 Å². The number of nitrogens with one attached hydrogen (secondary N) is 2. The van der Waals surface area contributed by atoms with Gasteiger partial charge < -0.3 is 10.6 Å². The molecule has 2 amide bonds. The van der Waals surface area contributed by atoms with Gasteiger partial charge in [0.05, 0.1) is 4.91 Å². The summed E-state index contributed by atoms with van der Waals surface area (Å²) in [6.45, 7) is 4.56. The molecule has 0 bridgehead atoms. The molecule has 6 atom stereocenters. The zero-order valence-electron chi connectivity index (χ0n) is 17.4. The van der Waals surface area contributed by atoms with Crippen molar-refractivity contribution in [1.82, 2.24) is 10.6 Å². The number of carbonyl (C=O) groups is 2. The number of thioether (sulfide) groups is 1. The molecule has 29 heavy (non-hydrogen) atoms. The van der Waals surface area contributed by atoms with E-state index in [-0.39, 0.29) is 23.8 Å². The Morgan fingerprint density at radius 1 is 1.14 bits per heavy atom. The van der Waals surface area contributed by atoms with Gasteiger partial charge in [-0.05, 0) is 49.2 Å². The molecule has 1 saturated heterocycles. The molecule has 1 aromatic rings. The maximum atomic E-state index is 12.9. The summed E-state index contributed by atoms with van der Waals surface area (Å²) in [5.74, 6) is 1.42. The van der Waals surface area contributed by atoms with Crippen LogP contribution in [0.2, 0.25) is 0 Å². The number of amides is 2. The van der Waals surface area contributed by atoms with E-state index in [9.17, 15) is 9.59 Å². The molecule has 5 heteroatoms. The number of hydrogen-bond acceptors (Lipinski definition) is 3. The van der Waals surface area contributed by atoms with Gasteiger partial charge in [0.15, 0.2) is 0 Å². The summed E-state index contributed by atoms with van der Waals surface area (Å²) < 4.78 is 0. The highest BCUT2D eigenvalue weighted by Gasteiger charge is 2.40. The van der Waals surface area contributed by atoms with Crippen LogP contribution in [-0.2, 0) is 9.59 Å². The molecule has 3 fully saturated rings. The van der Waals surface area contributed by atoms with Crippen molar-refractivity contribution in [3.05, 3.63) is 40.8 Å². The fourth-order valence-corrected chi connectivity index (χ4v) is 6.31. The van der Waals surface area contributed by atoms with E-state index in [2.05, 4.69) is 24.5 Å². The zero-order chi connectivity index (χ0) is 20.4. The highest BCUT2D eigenvalue weighted by molar-refractivity contribution is 8.04. The molecule has 0 radical (unpaired) electrons. The second kappa shape index (κ2) is 8.95. The first-order valence-electron chi connectivity index (χ1n) is 11.1. The summed E-state index contributed by atoms with van der Waals surface area (Å²) in [4.78, 5) is 26.3. The van der Waals surface area contributed by atoms with Crippen LogP contribution < -0.4 is 10.6 Å². The van der Waals surface area contributed by atoms with E-state index in [1.807, 2.05) is 36.4 Å². The minimum Gasteiger partial charge on any atom is -0.353 e. The summed E-state index contributed by atoms with van der Waals surface area (Å²) in [7, 11) is 0. The Labute approximate surface area is 178 Å². The summed E-state index contributed by atoms with van der Waals surface area (Å²) in [6.07, 6.45) is 8.17. The molecule has 1 aromatic carbocycles. The van der Waals surface area contributed by atoms with Crippen molar-refractivity contribution >= 4 is 29.7 Å². The number of benzene rings is 1. The molecule has 3 aliphatic rings. The molecule has 2 N–H and O–H groups in total. The predicted octanol–water partition coefficient (Wildman–Crippen LogP) is 4.37. The molecular weight excluding hydrogens is 380 g/mol. The lowest BCUT2D eigenvalue weighted by Gasteiger charge is -2.40. The van der Waals surface area contributed by atoms with E-state index >= 15 is 0 Å². The largest absolute Gasteiger partial charge is 0.353 e. The average molecular weight is 413 g/mol. The first-order chi connectivity index (χ1) is 14.0. The Kier molecular flexibility index (Phi) is 6.33. The van der Waals surface area contributed by atoms with Crippen LogP contribution in [-0.4, -0.2) is 29.1 Å². The number of fused-ring (bicyclic) bond motifs is 1. The number of hydrogen-bond donors (Lipinski definition) is 2. The predicted molar refractivity (Wildman–Crippen MR) is 119 cm³/mol. The molecule has 1 heterocycles. The van der Waals surface area contributed by atoms with E-state index in [4.69, 9.17) is 0 Å². The van der Waals surface area contributed by atoms with Crippen LogP contribution in [0.25, 0.3) is 6.08 Å². The summed E-state index contributed by atoms with van der Waals surface area (Å²) in [6, 6.07) is 10.4. The molecular formula is C24H32N2O2S. The van der Waals surface area contributed by atoms with Crippen molar-refractivity contribution in [2.24, 2.45) is 17.8 Å². The zero-order valence-corrected chi connectivity index (χ0v) is 18.2. The third-order valence-electron chi connectivity index (χ3n) is 7.11. The van der Waals surface area contributed by atoms with Crippen molar-refractivity contribution in [3.8, 4) is 0 Å². The third-order valence-corrected chi connectivity index (χ3v) is 8.53. The topological polar surface area (TPSA) is 58.2 Å². The van der Waals surface area contributed by atoms with E-state index in [1.165, 1.54) is 12.8 Å². The SMILES string of the molecule is CC1CCCC(NC(=O)C2CCC3S/C(=C\c4ccccc4)C(=O)NC3C2)C1C. The maximum Gasteiger partial charge on any atom is 0.257 e.